The van der Waals surface area contributed by atoms with Crippen LogP contribution < -0.4 is 5.73 Å². The number of hydrogen-bond acceptors (Lipinski definition) is 5. The van der Waals surface area contributed by atoms with Crippen molar-refractivity contribution >= 4 is 11.7 Å². The molecule has 2 heterocycles. The van der Waals surface area contributed by atoms with Gasteiger partial charge in [-0.05, 0) is 25.5 Å². The van der Waals surface area contributed by atoms with E-state index in [1.807, 2.05) is 32.0 Å². The molecule has 0 aliphatic heterocycles. The molecule has 0 aliphatic carbocycles. The number of carbonyl (C=O) groups is 1. The fourth-order valence-corrected chi connectivity index (χ4v) is 1.99. The van der Waals surface area contributed by atoms with Gasteiger partial charge in [-0.3, -0.25) is 9.67 Å². The molecule has 6 nitrogen and oxygen atoms in total. The Labute approximate surface area is 117 Å². The first-order chi connectivity index (χ1) is 9.52. The minimum Gasteiger partial charge on any atom is -0.454 e. The lowest BCUT2D eigenvalue weighted by Gasteiger charge is -2.06. The molecule has 0 spiro atoms. The van der Waals surface area contributed by atoms with Crippen molar-refractivity contribution in [3.63, 3.8) is 0 Å². The van der Waals surface area contributed by atoms with Crippen molar-refractivity contribution in [3.05, 3.63) is 41.0 Å². The summed E-state index contributed by atoms with van der Waals surface area (Å²) in [5.41, 5.74) is 8.87. The second-order valence-corrected chi connectivity index (χ2v) is 4.53. The molecule has 2 aromatic heterocycles. The van der Waals surface area contributed by atoms with Crippen LogP contribution in [0.15, 0.2) is 18.2 Å². The number of aromatic nitrogens is 3. The molecular weight excluding hydrogens is 256 g/mol. The van der Waals surface area contributed by atoms with E-state index in [0.29, 0.717) is 23.5 Å². The summed E-state index contributed by atoms with van der Waals surface area (Å²) in [5.74, 6) is -0.486. The Kier molecular flexibility index (Phi) is 4.02. The molecule has 0 atom stereocenters. The predicted octanol–water partition coefficient (Wildman–Crippen LogP) is 1.63. The second-order valence-electron chi connectivity index (χ2n) is 4.53. The Balaban J connectivity index is 2.11. The summed E-state index contributed by atoms with van der Waals surface area (Å²) < 4.78 is 6.70. The maximum absolute atomic E-state index is 12.1. The van der Waals surface area contributed by atoms with Gasteiger partial charge in [-0.2, -0.15) is 5.10 Å². The van der Waals surface area contributed by atoms with E-state index >= 15 is 0 Å². The average Bonchev–Trinajstić information content (AvgIpc) is 2.71. The highest BCUT2D eigenvalue weighted by Crippen LogP contribution is 2.18. The van der Waals surface area contributed by atoms with E-state index in [0.717, 1.165) is 5.69 Å². The molecule has 6 heteroatoms. The number of aryl methyl sites for hydroxylation is 3. The molecule has 0 fully saturated rings. The number of hydrogen-bond donors (Lipinski definition) is 1. The Morgan fingerprint density at radius 3 is 2.80 bits per heavy atom. The fourth-order valence-electron chi connectivity index (χ4n) is 1.99. The standard InChI is InChI=1S/C14H18N4O2/c1-4-11-12(15)13(18(3)17-11)14(19)20-8-10-7-5-6-9(2)16-10/h5-7H,4,8,15H2,1-3H3. The van der Waals surface area contributed by atoms with Crippen molar-refractivity contribution in [1.29, 1.82) is 0 Å². The zero-order valence-corrected chi connectivity index (χ0v) is 11.9. The van der Waals surface area contributed by atoms with Crippen LogP contribution >= 0.6 is 0 Å². The lowest BCUT2D eigenvalue weighted by molar-refractivity contribution is 0.0456. The average molecular weight is 274 g/mol. The molecule has 0 aliphatic rings. The maximum atomic E-state index is 12.1. The van der Waals surface area contributed by atoms with Crippen molar-refractivity contribution < 1.29 is 9.53 Å². The lowest BCUT2D eigenvalue weighted by Crippen LogP contribution is -2.13. The Morgan fingerprint density at radius 2 is 2.20 bits per heavy atom. The van der Waals surface area contributed by atoms with Crippen molar-refractivity contribution in [3.8, 4) is 0 Å². The van der Waals surface area contributed by atoms with Crippen molar-refractivity contribution in [1.82, 2.24) is 14.8 Å². The summed E-state index contributed by atoms with van der Waals surface area (Å²) in [6.07, 6.45) is 0.673. The molecule has 0 bridgehead atoms. The Morgan fingerprint density at radius 1 is 1.45 bits per heavy atom. The van der Waals surface area contributed by atoms with E-state index in [1.54, 1.807) is 7.05 Å². The smallest absolute Gasteiger partial charge is 0.359 e. The summed E-state index contributed by atoms with van der Waals surface area (Å²) in [7, 11) is 1.68. The number of nitrogens with two attached hydrogens (primary N) is 1. The van der Waals surface area contributed by atoms with Crippen LogP contribution in [0.5, 0.6) is 0 Å². The van der Waals surface area contributed by atoms with Gasteiger partial charge in [-0.15, -0.1) is 0 Å². The number of esters is 1. The molecule has 2 rings (SSSR count). The summed E-state index contributed by atoms with van der Waals surface area (Å²) in [4.78, 5) is 16.4. The molecule has 0 saturated carbocycles. The van der Waals surface area contributed by atoms with Crippen LogP contribution in [0.2, 0.25) is 0 Å². The van der Waals surface area contributed by atoms with Crippen LogP contribution in [0.4, 0.5) is 5.69 Å². The SMILES string of the molecule is CCc1nn(C)c(C(=O)OCc2cccc(C)n2)c1N. The molecule has 0 aromatic carbocycles. The number of carbonyl (C=O) groups excluding carboxylic acids is 1. The molecule has 20 heavy (non-hydrogen) atoms. The highest BCUT2D eigenvalue weighted by molar-refractivity contribution is 5.93. The lowest BCUT2D eigenvalue weighted by atomic mass is 10.2. The highest BCUT2D eigenvalue weighted by Gasteiger charge is 2.20. The van der Waals surface area contributed by atoms with Crippen molar-refractivity contribution in [2.75, 3.05) is 5.73 Å². The number of rotatable bonds is 4. The first-order valence-corrected chi connectivity index (χ1v) is 6.44. The van der Waals surface area contributed by atoms with E-state index in [-0.39, 0.29) is 12.3 Å². The third-order valence-electron chi connectivity index (χ3n) is 2.99. The fraction of sp³-hybridized carbons (Fsp3) is 0.357. The van der Waals surface area contributed by atoms with Gasteiger partial charge in [0, 0.05) is 12.7 Å². The highest BCUT2D eigenvalue weighted by atomic mass is 16.5. The summed E-state index contributed by atoms with van der Waals surface area (Å²) in [5, 5.41) is 4.19. The number of pyridine rings is 1. The van der Waals surface area contributed by atoms with Gasteiger partial charge in [0.2, 0.25) is 0 Å². The Hall–Kier alpha value is -2.37. The summed E-state index contributed by atoms with van der Waals surface area (Å²) in [6, 6.07) is 5.57. The summed E-state index contributed by atoms with van der Waals surface area (Å²) in [6.45, 7) is 3.94. The quantitative estimate of drug-likeness (QED) is 0.857. The number of nitrogens with zero attached hydrogens (tertiary/aromatic N) is 3. The molecule has 2 aromatic rings. The van der Waals surface area contributed by atoms with E-state index in [2.05, 4.69) is 10.1 Å². The zero-order valence-electron chi connectivity index (χ0n) is 11.9. The third-order valence-corrected chi connectivity index (χ3v) is 2.99. The van der Waals surface area contributed by atoms with Gasteiger partial charge in [0.25, 0.3) is 0 Å². The van der Waals surface area contributed by atoms with Gasteiger partial charge in [-0.25, -0.2) is 4.79 Å². The number of nitrogen functional groups attached to an aromatic ring is 1. The monoisotopic (exact) mass is 274 g/mol. The molecule has 2 N–H and O–H groups in total. The van der Waals surface area contributed by atoms with Gasteiger partial charge in [0.1, 0.15) is 6.61 Å². The third kappa shape index (κ3) is 2.79. The van der Waals surface area contributed by atoms with Gasteiger partial charge in [-0.1, -0.05) is 13.0 Å². The van der Waals surface area contributed by atoms with Crippen molar-refractivity contribution in [2.24, 2.45) is 7.05 Å². The largest absolute Gasteiger partial charge is 0.454 e. The van der Waals surface area contributed by atoms with Gasteiger partial charge in [0.15, 0.2) is 5.69 Å². The van der Waals surface area contributed by atoms with Gasteiger partial charge >= 0.3 is 5.97 Å². The Bertz CT molecular complexity index is 634. The molecule has 0 unspecified atom stereocenters. The van der Waals surface area contributed by atoms with Crippen LogP contribution in [-0.4, -0.2) is 20.7 Å². The molecule has 106 valence electrons. The van der Waals surface area contributed by atoms with Crippen molar-refractivity contribution in [2.45, 2.75) is 26.9 Å². The van der Waals surface area contributed by atoms with E-state index in [1.165, 1.54) is 4.68 Å². The topological polar surface area (TPSA) is 83.0 Å². The van der Waals surface area contributed by atoms with Crippen LogP contribution in [0, 0.1) is 6.92 Å². The molecular formula is C14H18N4O2. The van der Waals surface area contributed by atoms with Gasteiger partial charge < -0.3 is 10.5 Å². The second kappa shape index (κ2) is 5.73. The molecule has 0 radical (unpaired) electrons. The van der Waals surface area contributed by atoms with Crippen LogP contribution in [0.1, 0.15) is 34.5 Å². The molecule has 0 saturated heterocycles. The summed E-state index contributed by atoms with van der Waals surface area (Å²) >= 11 is 0. The predicted molar refractivity (Wildman–Crippen MR) is 75.1 cm³/mol. The van der Waals surface area contributed by atoms with Crippen LogP contribution in [0.3, 0.4) is 0 Å². The first-order valence-electron chi connectivity index (χ1n) is 6.44. The zero-order chi connectivity index (χ0) is 14.7. The molecule has 0 amide bonds. The van der Waals surface area contributed by atoms with E-state index in [4.69, 9.17) is 10.5 Å². The van der Waals surface area contributed by atoms with E-state index in [9.17, 15) is 4.79 Å². The minimum atomic E-state index is -0.486. The number of ether oxygens (including phenoxy) is 1. The maximum Gasteiger partial charge on any atom is 0.359 e. The normalized spacial score (nSPS) is 10.6. The first kappa shape index (κ1) is 14.0. The van der Waals surface area contributed by atoms with Crippen LogP contribution in [-0.2, 0) is 24.8 Å². The minimum absolute atomic E-state index is 0.118. The van der Waals surface area contributed by atoms with Gasteiger partial charge in [0.05, 0.1) is 17.1 Å². The van der Waals surface area contributed by atoms with Crippen LogP contribution in [0.25, 0.3) is 0 Å². The van der Waals surface area contributed by atoms with E-state index < -0.39 is 5.97 Å². The number of anilines is 1.